The summed E-state index contributed by atoms with van der Waals surface area (Å²) >= 11 is 0. The van der Waals surface area contributed by atoms with Crippen LogP contribution in [0, 0.1) is 6.92 Å². The van der Waals surface area contributed by atoms with Crippen molar-refractivity contribution in [1.82, 2.24) is 10.2 Å². The molecular weight excluding hydrogens is 390 g/mol. The molecule has 0 spiro atoms. The molecule has 1 heterocycles. The standard InChI is InChI=1S/C22H23N3O3.ClH/c1-12-6-8-17-18(10-12)22(28)25(21(17)27)13(2)20(26)24-19-5-3-4-14-11-15(23)7-9-16(14)19;/h6-11,13,19H,3-5,23H2,1-2H3,(H,24,26);1H. The van der Waals surface area contributed by atoms with Crippen molar-refractivity contribution in [3.05, 3.63) is 64.2 Å². The van der Waals surface area contributed by atoms with Gasteiger partial charge < -0.3 is 11.1 Å². The minimum Gasteiger partial charge on any atom is -0.399 e. The highest BCUT2D eigenvalue weighted by atomic mass is 35.5. The number of fused-ring (bicyclic) bond motifs is 2. The van der Waals surface area contributed by atoms with Crippen molar-refractivity contribution < 1.29 is 14.4 Å². The maximum absolute atomic E-state index is 12.9. The van der Waals surface area contributed by atoms with Crippen molar-refractivity contribution in [1.29, 1.82) is 0 Å². The SMILES string of the molecule is Cc1ccc2c(c1)C(=O)N(C(C)C(=O)NC1CCCc3cc(N)ccc31)C2=O.Cl. The molecule has 3 amide bonds. The van der Waals surface area contributed by atoms with Gasteiger partial charge in [0.25, 0.3) is 11.8 Å². The predicted molar refractivity (Wildman–Crippen MR) is 113 cm³/mol. The number of hydrogen-bond acceptors (Lipinski definition) is 4. The third kappa shape index (κ3) is 3.60. The fourth-order valence-corrected chi connectivity index (χ4v) is 4.12. The summed E-state index contributed by atoms with van der Waals surface area (Å²) < 4.78 is 0. The van der Waals surface area contributed by atoms with E-state index >= 15 is 0 Å². The van der Waals surface area contributed by atoms with Crippen LogP contribution in [0.15, 0.2) is 36.4 Å². The molecule has 3 N–H and O–H groups in total. The van der Waals surface area contributed by atoms with Gasteiger partial charge >= 0.3 is 0 Å². The number of halogens is 1. The summed E-state index contributed by atoms with van der Waals surface area (Å²) in [6, 6.07) is 9.85. The largest absolute Gasteiger partial charge is 0.399 e. The van der Waals surface area contributed by atoms with Crippen LogP contribution >= 0.6 is 12.4 Å². The van der Waals surface area contributed by atoms with E-state index in [0.29, 0.717) is 16.8 Å². The van der Waals surface area contributed by atoms with Gasteiger partial charge in [0.2, 0.25) is 5.91 Å². The zero-order valence-corrected chi connectivity index (χ0v) is 17.2. The lowest BCUT2D eigenvalue weighted by Gasteiger charge is -2.29. The number of nitrogens with zero attached hydrogens (tertiary/aromatic N) is 1. The van der Waals surface area contributed by atoms with Gasteiger partial charge in [-0.25, -0.2) is 0 Å². The molecular formula is C22H24ClN3O3. The molecule has 2 unspecified atom stereocenters. The number of carbonyl (C=O) groups is 3. The van der Waals surface area contributed by atoms with Gasteiger partial charge in [-0.05, 0) is 68.5 Å². The zero-order valence-electron chi connectivity index (χ0n) is 16.4. The number of carbonyl (C=O) groups excluding carboxylic acids is 3. The van der Waals surface area contributed by atoms with Gasteiger partial charge in [-0.1, -0.05) is 17.7 Å². The maximum atomic E-state index is 12.9. The molecule has 2 atom stereocenters. The molecule has 0 fully saturated rings. The molecule has 152 valence electrons. The van der Waals surface area contributed by atoms with E-state index in [0.717, 1.165) is 40.9 Å². The van der Waals surface area contributed by atoms with E-state index in [4.69, 9.17) is 5.73 Å². The molecule has 4 rings (SSSR count). The highest BCUT2D eigenvalue weighted by Crippen LogP contribution is 2.32. The van der Waals surface area contributed by atoms with Gasteiger partial charge in [-0.15, -0.1) is 12.4 Å². The van der Waals surface area contributed by atoms with Crippen molar-refractivity contribution in [3.63, 3.8) is 0 Å². The van der Waals surface area contributed by atoms with E-state index in [2.05, 4.69) is 5.32 Å². The average molecular weight is 414 g/mol. The molecule has 1 aliphatic carbocycles. The maximum Gasteiger partial charge on any atom is 0.262 e. The van der Waals surface area contributed by atoms with Crippen LogP contribution in [0.4, 0.5) is 5.69 Å². The monoisotopic (exact) mass is 413 g/mol. The Morgan fingerprint density at radius 2 is 1.86 bits per heavy atom. The first-order valence-corrected chi connectivity index (χ1v) is 9.54. The molecule has 0 saturated heterocycles. The minimum absolute atomic E-state index is 0. The van der Waals surface area contributed by atoms with Crippen LogP contribution in [0.2, 0.25) is 0 Å². The summed E-state index contributed by atoms with van der Waals surface area (Å²) in [6.07, 6.45) is 2.69. The highest BCUT2D eigenvalue weighted by molar-refractivity contribution is 6.22. The lowest BCUT2D eigenvalue weighted by atomic mass is 9.87. The summed E-state index contributed by atoms with van der Waals surface area (Å²) in [4.78, 5) is 39.4. The Hall–Kier alpha value is -2.86. The van der Waals surface area contributed by atoms with Crippen LogP contribution in [0.25, 0.3) is 0 Å². The quantitative estimate of drug-likeness (QED) is 0.597. The summed E-state index contributed by atoms with van der Waals surface area (Å²) in [5.41, 5.74) is 10.4. The molecule has 7 heteroatoms. The van der Waals surface area contributed by atoms with E-state index in [1.165, 1.54) is 0 Å². The van der Waals surface area contributed by atoms with E-state index < -0.39 is 17.9 Å². The average Bonchev–Trinajstić information content (AvgIpc) is 2.91. The molecule has 6 nitrogen and oxygen atoms in total. The first-order valence-electron chi connectivity index (χ1n) is 9.54. The fourth-order valence-electron chi connectivity index (χ4n) is 4.12. The van der Waals surface area contributed by atoms with Gasteiger partial charge in [-0.3, -0.25) is 19.3 Å². The van der Waals surface area contributed by atoms with Crippen LogP contribution in [-0.4, -0.2) is 28.7 Å². The van der Waals surface area contributed by atoms with Gasteiger partial charge in [0.15, 0.2) is 0 Å². The molecule has 2 aliphatic rings. The number of imide groups is 1. The summed E-state index contributed by atoms with van der Waals surface area (Å²) in [7, 11) is 0. The van der Waals surface area contributed by atoms with Crippen LogP contribution < -0.4 is 11.1 Å². The van der Waals surface area contributed by atoms with E-state index in [-0.39, 0.29) is 24.4 Å². The van der Waals surface area contributed by atoms with Crippen molar-refractivity contribution in [2.24, 2.45) is 0 Å². The van der Waals surface area contributed by atoms with Crippen LogP contribution in [0.5, 0.6) is 0 Å². The summed E-state index contributed by atoms with van der Waals surface area (Å²) in [5, 5.41) is 3.02. The number of benzene rings is 2. The topological polar surface area (TPSA) is 92.5 Å². The van der Waals surface area contributed by atoms with Crippen molar-refractivity contribution >= 4 is 35.8 Å². The van der Waals surface area contributed by atoms with E-state index in [1.54, 1.807) is 25.1 Å². The summed E-state index contributed by atoms with van der Waals surface area (Å²) in [5.74, 6) is -1.16. The Labute approximate surface area is 175 Å². The van der Waals surface area contributed by atoms with Crippen molar-refractivity contribution in [3.8, 4) is 0 Å². The minimum atomic E-state index is -0.883. The van der Waals surface area contributed by atoms with Crippen molar-refractivity contribution in [2.45, 2.75) is 45.2 Å². The molecule has 2 aromatic carbocycles. The summed E-state index contributed by atoms with van der Waals surface area (Å²) in [6.45, 7) is 3.46. The normalized spacial score (nSPS) is 18.6. The Morgan fingerprint density at radius 3 is 2.62 bits per heavy atom. The van der Waals surface area contributed by atoms with E-state index in [9.17, 15) is 14.4 Å². The smallest absolute Gasteiger partial charge is 0.262 e. The number of anilines is 1. The van der Waals surface area contributed by atoms with Crippen molar-refractivity contribution in [2.75, 3.05) is 5.73 Å². The lowest BCUT2D eigenvalue weighted by molar-refractivity contribution is -0.125. The number of nitrogens with one attached hydrogen (secondary N) is 1. The Kier molecular flexibility index (Phi) is 5.66. The number of rotatable bonds is 3. The van der Waals surface area contributed by atoms with Crippen LogP contribution in [0.1, 0.15) is 63.2 Å². The molecule has 29 heavy (non-hydrogen) atoms. The second kappa shape index (κ2) is 7.87. The van der Waals surface area contributed by atoms with E-state index in [1.807, 2.05) is 25.1 Å². The van der Waals surface area contributed by atoms with Gasteiger partial charge in [0, 0.05) is 5.69 Å². The third-order valence-electron chi connectivity index (χ3n) is 5.64. The third-order valence-corrected chi connectivity index (χ3v) is 5.64. The first kappa shape index (κ1) is 20.9. The molecule has 0 bridgehead atoms. The zero-order chi connectivity index (χ0) is 20.0. The molecule has 0 saturated carbocycles. The first-order chi connectivity index (χ1) is 13.4. The van der Waals surface area contributed by atoms with Gasteiger partial charge in [0.05, 0.1) is 17.2 Å². The Bertz CT molecular complexity index is 1000. The second-order valence-corrected chi connectivity index (χ2v) is 7.62. The Morgan fingerprint density at radius 1 is 1.14 bits per heavy atom. The Balaban J connectivity index is 0.00000240. The fraction of sp³-hybridized carbons (Fsp3) is 0.318. The van der Waals surface area contributed by atoms with Gasteiger partial charge in [-0.2, -0.15) is 0 Å². The van der Waals surface area contributed by atoms with Crippen LogP contribution in [-0.2, 0) is 11.2 Å². The number of nitrogen functional groups attached to an aromatic ring is 1. The lowest BCUT2D eigenvalue weighted by Crippen LogP contribution is -2.48. The highest BCUT2D eigenvalue weighted by Gasteiger charge is 2.41. The molecule has 1 aliphatic heterocycles. The number of amides is 3. The van der Waals surface area contributed by atoms with Crippen LogP contribution in [0.3, 0.4) is 0 Å². The molecule has 0 radical (unpaired) electrons. The second-order valence-electron chi connectivity index (χ2n) is 7.62. The molecule has 0 aromatic heterocycles. The number of aryl methyl sites for hydroxylation is 2. The predicted octanol–water partition coefficient (Wildman–Crippen LogP) is 3.18. The molecule has 2 aromatic rings. The number of hydrogen-bond donors (Lipinski definition) is 2. The number of nitrogens with two attached hydrogens (primary N) is 1. The van der Waals surface area contributed by atoms with Gasteiger partial charge in [0.1, 0.15) is 6.04 Å².